The summed E-state index contributed by atoms with van der Waals surface area (Å²) in [7, 11) is 0. The molecule has 1 aromatic carbocycles. The van der Waals surface area contributed by atoms with E-state index < -0.39 is 23.6 Å². The summed E-state index contributed by atoms with van der Waals surface area (Å²) in [6.45, 7) is 0. The van der Waals surface area contributed by atoms with E-state index >= 15 is 0 Å². The molecule has 0 saturated heterocycles. The fourth-order valence-electron chi connectivity index (χ4n) is 1.20. The Morgan fingerprint density at radius 1 is 1.33 bits per heavy atom. The summed E-state index contributed by atoms with van der Waals surface area (Å²) in [5.41, 5.74) is 5.66. The zero-order valence-electron chi connectivity index (χ0n) is 7.91. The van der Waals surface area contributed by atoms with Crippen molar-refractivity contribution in [2.75, 3.05) is 0 Å². The fraction of sp³-hybridized carbons (Fsp3) is 0.300. The lowest BCUT2D eigenvalue weighted by Gasteiger charge is -2.06. The lowest BCUT2D eigenvalue weighted by molar-refractivity contribution is -0.138. The molecule has 0 radical (unpaired) electrons. The van der Waals surface area contributed by atoms with Gasteiger partial charge in [-0.2, -0.15) is 0 Å². The highest BCUT2D eigenvalue weighted by Gasteiger charge is 2.11. The van der Waals surface area contributed by atoms with Crippen LogP contribution < -0.4 is 5.73 Å². The molecular formula is C10H11F2NO2. The first-order valence-corrected chi connectivity index (χ1v) is 4.42. The van der Waals surface area contributed by atoms with Crippen molar-refractivity contribution < 1.29 is 18.7 Å². The van der Waals surface area contributed by atoms with Gasteiger partial charge in [-0.3, -0.25) is 4.79 Å². The first kappa shape index (κ1) is 11.6. The monoisotopic (exact) mass is 215 g/mol. The molecule has 0 spiro atoms. The van der Waals surface area contributed by atoms with Crippen LogP contribution >= 0.6 is 0 Å². The number of benzene rings is 1. The SMILES string of the molecule is NC(CCc1cc(F)cc(F)c1)C(=O)O. The summed E-state index contributed by atoms with van der Waals surface area (Å²) in [5, 5.41) is 8.50. The number of carboxylic acids is 1. The van der Waals surface area contributed by atoms with Gasteiger partial charge < -0.3 is 10.8 Å². The number of rotatable bonds is 4. The first-order chi connectivity index (χ1) is 6.99. The van der Waals surface area contributed by atoms with E-state index in [0.717, 1.165) is 18.2 Å². The molecule has 1 atom stereocenters. The Morgan fingerprint density at radius 2 is 1.87 bits per heavy atom. The van der Waals surface area contributed by atoms with Crippen LogP contribution in [-0.2, 0) is 11.2 Å². The number of hydrogen-bond acceptors (Lipinski definition) is 2. The van der Waals surface area contributed by atoms with Gasteiger partial charge in [0.1, 0.15) is 17.7 Å². The summed E-state index contributed by atoms with van der Waals surface area (Å²) in [4.78, 5) is 10.4. The maximum atomic E-state index is 12.7. The van der Waals surface area contributed by atoms with Crippen molar-refractivity contribution in [1.29, 1.82) is 0 Å². The normalized spacial score (nSPS) is 12.5. The third kappa shape index (κ3) is 3.63. The topological polar surface area (TPSA) is 63.3 Å². The van der Waals surface area contributed by atoms with Crippen LogP contribution in [0.15, 0.2) is 18.2 Å². The average molecular weight is 215 g/mol. The Kier molecular flexibility index (Phi) is 3.74. The molecule has 82 valence electrons. The average Bonchev–Trinajstić information content (AvgIpc) is 2.12. The molecule has 0 saturated carbocycles. The van der Waals surface area contributed by atoms with Crippen LogP contribution in [0.5, 0.6) is 0 Å². The van der Waals surface area contributed by atoms with Crippen LogP contribution in [0.3, 0.4) is 0 Å². The van der Waals surface area contributed by atoms with E-state index in [1.165, 1.54) is 0 Å². The van der Waals surface area contributed by atoms with Gasteiger partial charge in [-0.05, 0) is 30.5 Å². The van der Waals surface area contributed by atoms with Gasteiger partial charge in [0.05, 0.1) is 0 Å². The predicted molar refractivity (Wildman–Crippen MR) is 50.3 cm³/mol. The highest BCUT2D eigenvalue weighted by molar-refractivity contribution is 5.73. The van der Waals surface area contributed by atoms with Gasteiger partial charge in [0.25, 0.3) is 0 Å². The van der Waals surface area contributed by atoms with Crippen LogP contribution in [0.4, 0.5) is 8.78 Å². The van der Waals surface area contributed by atoms with Gasteiger partial charge >= 0.3 is 5.97 Å². The van der Waals surface area contributed by atoms with Crippen molar-refractivity contribution in [3.8, 4) is 0 Å². The molecule has 0 aliphatic heterocycles. The van der Waals surface area contributed by atoms with Crippen LogP contribution in [0.25, 0.3) is 0 Å². The molecule has 0 aromatic heterocycles. The van der Waals surface area contributed by atoms with E-state index in [9.17, 15) is 13.6 Å². The second-order valence-electron chi connectivity index (χ2n) is 3.26. The number of halogens is 2. The molecule has 0 aliphatic rings. The van der Waals surface area contributed by atoms with Gasteiger partial charge in [-0.1, -0.05) is 0 Å². The number of aliphatic carboxylic acids is 1. The summed E-state index contributed by atoms with van der Waals surface area (Å²) < 4.78 is 25.4. The van der Waals surface area contributed by atoms with Gasteiger partial charge in [-0.25, -0.2) is 8.78 Å². The maximum Gasteiger partial charge on any atom is 0.320 e. The quantitative estimate of drug-likeness (QED) is 0.795. The smallest absolute Gasteiger partial charge is 0.320 e. The van der Waals surface area contributed by atoms with E-state index in [1.54, 1.807) is 0 Å². The zero-order chi connectivity index (χ0) is 11.4. The van der Waals surface area contributed by atoms with Crippen molar-refractivity contribution in [2.45, 2.75) is 18.9 Å². The Bertz CT molecular complexity index is 348. The van der Waals surface area contributed by atoms with E-state index in [2.05, 4.69) is 0 Å². The second kappa shape index (κ2) is 4.84. The minimum absolute atomic E-state index is 0.151. The molecule has 0 bridgehead atoms. The second-order valence-corrected chi connectivity index (χ2v) is 3.26. The van der Waals surface area contributed by atoms with Crippen molar-refractivity contribution in [3.05, 3.63) is 35.4 Å². The molecule has 3 N–H and O–H groups in total. The highest BCUT2D eigenvalue weighted by atomic mass is 19.1. The van der Waals surface area contributed by atoms with E-state index in [-0.39, 0.29) is 12.8 Å². The van der Waals surface area contributed by atoms with Crippen LogP contribution in [-0.4, -0.2) is 17.1 Å². The molecule has 0 aliphatic carbocycles. The summed E-state index contributed by atoms with van der Waals surface area (Å²) in [5.74, 6) is -2.46. The van der Waals surface area contributed by atoms with Crippen molar-refractivity contribution in [3.63, 3.8) is 0 Å². The highest BCUT2D eigenvalue weighted by Crippen LogP contribution is 2.10. The Labute approximate surface area is 85.5 Å². The largest absolute Gasteiger partial charge is 0.480 e. The summed E-state index contributed by atoms with van der Waals surface area (Å²) in [6.07, 6.45) is 0.389. The lowest BCUT2D eigenvalue weighted by atomic mass is 10.1. The Morgan fingerprint density at radius 3 is 2.33 bits per heavy atom. The van der Waals surface area contributed by atoms with Crippen LogP contribution in [0.2, 0.25) is 0 Å². The van der Waals surface area contributed by atoms with Crippen molar-refractivity contribution >= 4 is 5.97 Å². The number of hydrogen-bond donors (Lipinski definition) is 2. The van der Waals surface area contributed by atoms with E-state index in [1.807, 2.05) is 0 Å². The fourth-order valence-corrected chi connectivity index (χ4v) is 1.20. The molecular weight excluding hydrogens is 204 g/mol. The molecule has 0 heterocycles. The molecule has 0 amide bonds. The van der Waals surface area contributed by atoms with Crippen molar-refractivity contribution in [2.24, 2.45) is 5.73 Å². The Balaban J connectivity index is 2.61. The molecule has 5 heteroatoms. The number of carbonyl (C=O) groups is 1. The van der Waals surface area contributed by atoms with Crippen molar-refractivity contribution in [1.82, 2.24) is 0 Å². The minimum atomic E-state index is -1.12. The van der Waals surface area contributed by atoms with Gasteiger partial charge in [0, 0.05) is 6.07 Å². The molecule has 15 heavy (non-hydrogen) atoms. The lowest BCUT2D eigenvalue weighted by Crippen LogP contribution is -2.30. The van der Waals surface area contributed by atoms with Gasteiger partial charge in [-0.15, -0.1) is 0 Å². The molecule has 0 fully saturated rings. The Hall–Kier alpha value is -1.49. The maximum absolute atomic E-state index is 12.7. The van der Waals surface area contributed by atoms with E-state index in [4.69, 9.17) is 10.8 Å². The number of nitrogens with two attached hydrogens (primary N) is 1. The number of carboxylic acid groups (broad SMARTS) is 1. The standard InChI is InChI=1S/C10H11F2NO2/c11-7-3-6(4-8(12)5-7)1-2-9(13)10(14)15/h3-5,9H,1-2,13H2,(H,14,15). The third-order valence-electron chi connectivity index (χ3n) is 1.98. The summed E-state index contributed by atoms with van der Waals surface area (Å²) in [6, 6.07) is 2.09. The molecule has 1 aromatic rings. The van der Waals surface area contributed by atoms with Gasteiger partial charge in [0.2, 0.25) is 0 Å². The molecule has 1 unspecified atom stereocenters. The first-order valence-electron chi connectivity index (χ1n) is 4.42. The molecule has 1 rings (SSSR count). The number of aryl methyl sites for hydroxylation is 1. The van der Waals surface area contributed by atoms with Crippen LogP contribution in [0, 0.1) is 11.6 Å². The minimum Gasteiger partial charge on any atom is -0.480 e. The molecule has 3 nitrogen and oxygen atoms in total. The van der Waals surface area contributed by atoms with Crippen LogP contribution in [0.1, 0.15) is 12.0 Å². The van der Waals surface area contributed by atoms with Gasteiger partial charge in [0.15, 0.2) is 0 Å². The summed E-state index contributed by atoms with van der Waals surface area (Å²) >= 11 is 0. The third-order valence-corrected chi connectivity index (χ3v) is 1.98. The predicted octanol–water partition coefficient (Wildman–Crippen LogP) is 1.31. The zero-order valence-corrected chi connectivity index (χ0v) is 7.91. The van der Waals surface area contributed by atoms with E-state index in [0.29, 0.717) is 5.56 Å².